The summed E-state index contributed by atoms with van der Waals surface area (Å²) in [5, 5.41) is 8.78. The first kappa shape index (κ1) is 16.5. The lowest BCUT2D eigenvalue weighted by molar-refractivity contribution is -0.123. The van der Waals surface area contributed by atoms with Gasteiger partial charge in [0.15, 0.2) is 0 Å². The number of hydrogen-bond acceptors (Lipinski definition) is 2. The number of carbonyl (C=O) groups is 1. The lowest BCUT2D eigenvalue weighted by Gasteiger charge is -2.18. The zero-order valence-electron chi connectivity index (χ0n) is 13.6. The fourth-order valence-corrected chi connectivity index (χ4v) is 2.62. The molecule has 0 aliphatic heterocycles. The molecule has 2 N–H and O–H groups in total. The largest absolute Gasteiger partial charge is 0.355 e. The van der Waals surface area contributed by atoms with E-state index in [1.165, 1.54) is 16.3 Å². The van der Waals surface area contributed by atoms with E-state index in [-0.39, 0.29) is 14.8 Å². The van der Waals surface area contributed by atoms with Gasteiger partial charge >= 0.3 is 0 Å². The van der Waals surface area contributed by atoms with E-state index in [0.29, 0.717) is 0 Å². The van der Waals surface area contributed by atoms with Crippen LogP contribution in [0.15, 0.2) is 42.5 Å². The highest BCUT2D eigenvalue weighted by Crippen LogP contribution is 2.16. The van der Waals surface area contributed by atoms with Crippen molar-refractivity contribution in [3.8, 4) is 0 Å². The van der Waals surface area contributed by atoms with Crippen LogP contribution < -0.4 is 10.6 Å². The maximum Gasteiger partial charge on any atom is 0.237 e. The average molecular weight is 302 g/mol. The quantitative estimate of drug-likeness (QED) is 0.729. The molecule has 0 radical (unpaired) electrons. The molecule has 2 aromatic carbocycles. The molecule has 3 nitrogen and oxygen atoms in total. The van der Waals surface area contributed by atoms with Gasteiger partial charge in [-0.05, 0) is 35.7 Å². The van der Waals surface area contributed by atoms with E-state index in [9.17, 15) is 4.79 Å². The third kappa shape index (κ3) is 4.57. The van der Waals surface area contributed by atoms with E-state index < -0.39 is 0 Å². The summed E-state index contributed by atoms with van der Waals surface area (Å²) in [6.07, 6.45) is 2.84. The Kier molecular flexibility index (Phi) is 6.41. The van der Waals surface area contributed by atoms with Crippen LogP contribution in [-0.2, 0) is 11.2 Å². The summed E-state index contributed by atoms with van der Waals surface area (Å²) >= 11 is 0. The smallest absolute Gasteiger partial charge is 0.237 e. The standard InChI is InChI=1S/C19H26N2O.2H2/c1-3-5-12-21-19(22)18(20-4-2)14-15-10-11-16-8-6-7-9-17(16)13-15;;/h6-11,13,18,20H,3-5,12,14H2,1-2H3,(H,21,22);2*1H/t18-;;/m0../s1. The Morgan fingerprint density at radius 3 is 2.64 bits per heavy atom. The number of hydrogen-bond donors (Lipinski definition) is 2. The normalized spacial score (nSPS) is 12.3. The van der Waals surface area contributed by atoms with E-state index in [0.717, 1.165) is 32.4 Å². The van der Waals surface area contributed by atoms with Gasteiger partial charge in [-0.25, -0.2) is 0 Å². The van der Waals surface area contributed by atoms with E-state index >= 15 is 0 Å². The fourth-order valence-electron chi connectivity index (χ4n) is 2.62. The van der Waals surface area contributed by atoms with Crippen molar-refractivity contribution in [3.05, 3.63) is 48.0 Å². The van der Waals surface area contributed by atoms with Gasteiger partial charge in [-0.2, -0.15) is 0 Å². The van der Waals surface area contributed by atoms with Crippen LogP contribution in [0.5, 0.6) is 0 Å². The van der Waals surface area contributed by atoms with E-state index in [1.807, 2.05) is 19.1 Å². The first-order valence-electron chi connectivity index (χ1n) is 8.23. The monoisotopic (exact) mass is 302 g/mol. The van der Waals surface area contributed by atoms with Crippen molar-refractivity contribution in [2.24, 2.45) is 0 Å². The Morgan fingerprint density at radius 2 is 1.91 bits per heavy atom. The third-order valence-electron chi connectivity index (χ3n) is 3.85. The van der Waals surface area contributed by atoms with Gasteiger partial charge in [-0.3, -0.25) is 4.79 Å². The number of benzene rings is 2. The average Bonchev–Trinajstić information content (AvgIpc) is 2.54. The molecular weight excluding hydrogens is 272 g/mol. The molecule has 22 heavy (non-hydrogen) atoms. The minimum atomic E-state index is -0.164. The predicted octanol–water partition coefficient (Wildman–Crippen LogP) is 3.77. The highest BCUT2D eigenvalue weighted by molar-refractivity contribution is 5.84. The molecule has 2 rings (SSSR count). The molecule has 122 valence electrons. The Hall–Kier alpha value is -1.87. The minimum absolute atomic E-state index is 0. The molecule has 2 aromatic rings. The van der Waals surface area contributed by atoms with Crippen molar-refractivity contribution in [2.75, 3.05) is 13.1 Å². The van der Waals surface area contributed by atoms with Gasteiger partial charge in [0.2, 0.25) is 5.91 Å². The number of carbonyl (C=O) groups excluding carboxylic acids is 1. The summed E-state index contributed by atoms with van der Waals surface area (Å²) in [4.78, 5) is 12.3. The second kappa shape index (κ2) is 8.54. The van der Waals surface area contributed by atoms with Crippen LogP contribution in [0.1, 0.15) is 35.1 Å². The Bertz CT molecular complexity index is 619. The first-order chi connectivity index (χ1) is 10.7. The Labute approximate surface area is 136 Å². The molecular formula is C19H30N2O. The fraction of sp³-hybridized carbons (Fsp3) is 0.421. The number of rotatable bonds is 8. The molecule has 0 fully saturated rings. The van der Waals surface area contributed by atoms with E-state index in [2.05, 4.69) is 47.9 Å². The highest BCUT2D eigenvalue weighted by atomic mass is 16.2. The number of likely N-dealkylation sites (N-methyl/N-ethyl adjacent to an activating group) is 1. The number of fused-ring (bicyclic) bond motifs is 1. The molecule has 0 aliphatic rings. The molecule has 0 bridgehead atoms. The maximum atomic E-state index is 12.3. The van der Waals surface area contributed by atoms with Crippen molar-refractivity contribution in [1.29, 1.82) is 0 Å². The van der Waals surface area contributed by atoms with Crippen molar-refractivity contribution in [2.45, 2.75) is 39.2 Å². The van der Waals surface area contributed by atoms with Gasteiger partial charge in [0.1, 0.15) is 0 Å². The van der Waals surface area contributed by atoms with Crippen LogP contribution in [0.25, 0.3) is 10.8 Å². The van der Waals surface area contributed by atoms with Gasteiger partial charge in [-0.15, -0.1) is 0 Å². The summed E-state index contributed by atoms with van der Waals surface area (Å²) in [7, 11) is 0. The zero-order chi connectivity index (χ0) is 15.8. The van der Waals surface area contributed by atoms with Crippen LogP contribution in [-0.4, -0.2) is 25.0 Å². The molecule has 0 heterocycles. The SMILES string of the molecule is CCCCNC(=O)[C@H](Cc1ccc2ccccc2c1)NCC.[HH].[HH]. The van der Waals surface area contributed by atoms with Gasteiger partial charge in [0.05, 0.1) is 6.04 Å². The van der Waals surface area contributed by atoms with Gasteiger partial charge in [0.25, 0.3) is 0 Å². The van der Waals surface area contributed by atoms with E-state index in [1.54, 1.807) is 0 Å². The highest BCUT2D eigenvalue weighted by Gasteiger charge is 2.17. The third-order valence-corrected chi connectivity index (χ3v) is 3.85. The lowest BCUT2D eigenvalue weighted by Crippen LogP contribution is -2.45. The van der Waals surface area contributed by atoms with Crippen molar-refractivity contribution < 1.29 is 7.65 Å². The van der Waals surface area contributed by atoms with Crippen LogP contribution in [0.2, 0.25) is 0 Å². The summed E-state index contributed by atoms with van der Waals surface area (Å²) in [6, 6.07) is 14.6. The van der Waals surface area contributed by atoms with Crippen LogP contribution in [0.4, 0.5) is 0 Å². The number of amides is 1. The summed E-state index contributed by atoms with van der Waals surface area (Å²) in [5.41, 5.74) is 1.19. The van der Waals surface area contributed by atoms with Gasteiger partial charge in [0, 0.05) is 9.40 Å². The van der Waals surface area contributed by atoms with E-state index in [4.69, 9.17) is 0 Å². The van der Waals surface area contributed by atoms with Crippen molar-refractivity contribution in [1.82, 2.24) is 10.6 Å². The number of unbranched alkanes of at least 4 members (excludes halogenated alkanes) is 1. The number of nitrogens with one attached hydrogen (secondary N) is 2. The molecule has 0 unspecified atom stereocenters. The molecule has 0 saturated heterocycles. The Balaban J connectivity index is 0.00000264. The maximum absolute atomic E-state index is 12.3. The minimum Gasteiger partial charge on any atom is -0.355 e. The van der Waals surface area contributed by atoms with Gasteiger partial charge < -0.3 is 10.6 Å². The van der Waals surface area contributed by atoms with Crippen LogP contribution in [0, 0.1) is 0 Å². The molecule has 0 aromatic heterocycles. The second-order valence-electron chi connectivity index (χ2n) is 5.64. The predicted molar refractivity (Wildman–Crippen MR) is 97.3 cm³/mol. The molecule has 0 aliphatic carbocycles. The molecule has 1 atom stereocenters. The topological polar surface area (TPSA) is 41.1 Å². The second-order valence-corrected chi connectivity index (χ2v) is 5.64. The Morgan fingerprint density at radius 1 is 1.14 bits per heavy atom. The molecule has 3 heteroatoms. The molecule has 0 spiro atoms. The van der Waals surface area contributed by atoms with Crippen molar-refractivity contribution >= 4 is 16.7 Å². The molecule has 0 saturated carbocycles. The summed E-state index contributed by atoms with van der Waals surface area (Å²) in [6.45, 7) is 5.71. The first-order valence-corrected chi connectivity index (χ1v) is 8.23. The summed E-state index contributed by atoms with van der Waals surface area (Å²) < 4.78 is 0. The van der Waals surface area contributed by atoms with Crippen LogP contribution >= 0.6 is 0 Å². The summed E-state index contributed by atoms with van der Waals surface area (Å²) in [5.74, 6) is 0.100. The zero-order valence-corrected chi connectivity index (χ0v) is 13.6. The van der Waals surface area contributed by atoms with Gasteiger partial charge in [-0.1, -0.05) is 62.7 Å². The van der Waals surface area contributed by atoms with Crippen LogP contribution in [0.3, 0.4) is 0 Å². The molecule has 1 amide bonds. The van der Waals surface area contributed by atoms with Crippen molar-refractivity contribution in [3.63, 3.8) is 0 Å². The lowest BCUT2D eigenvalue weighted by atomic mass is 10.0.